The van der Waals surface area contributed by atoms with Crippen molar-refractivity contribution in [1.29, 1.82) is 0 Å². The van der Waals surface area contributed by atoms with Gasteiger partial charge in [0.05, 0.1) is 0 Å². The minimum absolute atomic E-state index is 0.651. The molecule has 0 atom stereocenters. The van der Waals surface area contributed by atoms with Crippen LogP contribution in [-0.2, 0) is 0 Å². The third-order valence-corrected chi connectivity index (χ3v) is 0.632. The lowest BCUT2D eigenvalue weighted by Crippen LogP contribution is -1.73. The zero-order chi connectivity index (χ0) is 15.1. The van der Waals surface area contributed by atoms with E-state index in [1.807, 2.05) is 13.0 Å². The van der Waals surface area contributed by atoms with Gasteiger partial charge < -0.3 is 10.2 Å². The molecule has 0 aliphatic carbocycles. The van der Waals surface area contributed by atoms with Crippen molar-refractivity contribution in [1.82, 2.24) is 0 Å². The molecular weight excluding hydrogens is 212 g/mol. The van der Waals surface area contributed by atoms with E-state index < -0.39 is 0 Å². The first kappa shape index (κ1) is 29.8. The Balaban J connectivity index is -0.0000000408. The van der Waals surface area contributed by atoms with Gasteiger partial charge in [-0.2, -0.15) is 0 Å². The normalized spacial score (nSPS) is 6.94. The van der Waals surface area contributed by atoms with Crippen molar-refractivity contribution >= 4 is 0 Å². The van der Waals surface area contributed by atoms with Crippen molar-refractivity contribution in [2.75, 3.05) is 14.2 Å². The maximum Gasteiger partial charge on any atom is 0.0319 e. The van der Waals surface area contributed by atoms with E-state index in [1.54, 1.807) is 12.2 Å². The van der Waals surface area contributed by atoms with Gasteiger partial charge in [-0.05, 0) is 12.8 Å². The van der Waals surface area contributed by atoms with E-state index in [9.17, 15) is 0 Å². The predicted molar refractivity (Wildman–Crippen MR) is 82.3 cm³/mol. The zero-order valence-corrected chi connectivity index (χ0v) is 12.9. The largest absolute Gasteiger partial charge is 0.400 e. The average molecular weight is 246 g/mol. The highest BCUT2D eigenvalue weighted by molar-refractivity contribution is 4.98. The third-order valence-electron chi connectivity index (χ3n) is 0.632. The molecule has 0 bridgehead atoms. The Hall–Kier alpha value is -0.860. The Morgan fingerprint density at radius 3 is 1.29 bits per heavy atom. The lowest BCUT2D eigenvalue weighted by atomic mass is 10.2. The molecule has 0 rings (SSSR count). The number of allylic oxidation sites excluding steroid dienone is 4. The van der Waals surface area contributed by atoms with Gasteiger partial charge in [-0.1, -0.05) is 65.0 Å². The van der Waals surface area contributed by atoms with Crippen LogP contribution in [0.3, 0.4) is 0 Å². The maximum absolute atomic E-state index is 7.00. The Labute approximate surface area is 109 Å². The molecule has 106 valence electrons. The Morgan fingerprint density at radius 2 is 1.24 bits per heavy atom. The van der Waals surface area contributed by atoms with Crippen molar-refractivity contribution in [2.24, 2.45) is 5.92 Å². The second kappa shape index (κ2) is 59.4. The standard InChI is InChI=1S/C7H12.C3H8.C3H6.2CH4O/c1-4-5-6-7(2)3;2*1-3-2;2*1-2/h4-7H,1H2,2-3H3;3H2,1-2H3;3H,1H2,2H3;2*2H,1H3/b6-5-;;;;. The summed E-state index contributed by atoms with van der Waals surface area (Å²) in [4.78, 5) is 0. The fourth-order valence-electron chi connectivity index (χ4n) is 0.301. The van der Waals surface area contributed by atoms with Crippen LogP contribution in [0.1, 0.15) is 41.0 Å². The summed E-state index contributed by atoms with van der Waals surface area (Å²) in [7, 11) is 2.00. The number of hydrogen-bond donors (Lipinski definition) is 2. The van der Waals surface area contributed by atoms with Gasteiger partial charge in [-0.3, -0.25) is 0 Å². The minimum Gasteiger partial charge on any atom is -0.400 e. The molecular formula is C15H34O2. The monoisotopic (exact) mass is 246 g/mol. The molecule has 0 aliphatic rings. The first-order valence-electron chi connectivity index (χ1n) is 5.86. The second-order valence-corrected chi connectivity index (χ2v) is 2.98. The molecule has 2 N–H and O–H groups in total. The summed E-state index contributed by atoms with van der Waals surface area (Å²) in [5.41, 5.74) is 0. The van der Waals surface area contributed by atoms with Gasteiger partial charge >= 0.3 is 0 Å². The van der Waals surface area contributed by atoms with Gasteiger partial charge in [0.15, 0.2) is 0 Å². The van der Waals surface area contributed by atoms with Crippen molar-refractivity contribution in [3.05, 3.63) is 37.5 Å². The molecule has 17 heavy (non-hydrogen) atoms. The zero-order valence-electron chi connectivity index (χ0n) is 12.9. The third kappa shape index (κ3) is 265. The summed E-state index contributed by atoms with van der Waals surface area (Å²) < 4.78 is 0. The average Bonchev–Trinajstić information content (AvgIpc) is 2.33. The number of aliphatic hydroxyl groups is 2. The van der Waals surface area contributed by atoms with Crippen LogP contribution in [0.5, 0.6) is 0 Å². The van der Waals surface area contributed by atoms with Crippen molar-refractivity contribution in [2.45, 2.75) is 41.0 Å². The highest BCUT2D eigenvalue weighted by Crippen LogP contribution is 1.91. The fourth-order valence-corrected chi connectivity index (χ4v) is 0.301. The molecule has 0 fully saturated rings. The van der Waals surface area contributed by atoms with E-state index in [4.69, 9.17) is 10.2 Å². The highest BCUT2D eigenvalue weighted by atomic mass is 16.2. The molecule has 0 amide bonds. The molecule has 0 aromatic rings. The van der Waals surface area contributed by atoms with Crippen molar-refractivity contribution in [3.63, 3.8) is 0 Å². The topological polar surface area (TPSA) is 40.5 Å². The lowest BCUT2D eigenvalue weighted by molar-refractivity contribution is 0.399. The van der Waals surface area contributed by atoms with E-state index in [2.05, 4.69) is 46.9 Å². The van der Waals surface area contributed by atoms with Crippen LogP contribution in [0, 0.1) is 5.92 Å². The molecule has 0 aromatic carbocycles. The maximum atomic E-state index is 7.00. The van der Waals surface area contributed by atoms with Crippen LogP contribution >= 0.6 is 0 Å². The quantitative estimate of drug-likeness (QED) is 0.566. The summed E-state index contributed by atoms with van der Waals surface area (Å²) in [6.45, 7) is 17.3. The van der Waals surface area contributed by atoms with Crippen LogP contribution in [0.15, 0.2) is 37.5 Å². The summed E-state index contributed by atoms with van der Waals surface area (Å²) in [5, 5.41) is 14.0. The SMILES string of the molecule is C=C/C=C\C(C)C.C=CC.CCC.CO.CO. The first-order valence-corrected chi connectivity index (χ1v) is 5.86. The van der Waals surface area contributed by atoms with Gasteiger partial charge in [0.25, 0.3) is 0 Å². The van der Waals surface area contributed by atoms with E-state index in [1.165, 1.54) is 6.42 Å². The van der Waals surface area contributed by atoms with Crippen LogP contribution in [0.2, 0.25) is 0 Å². The summed E-state index contributed by atoms with van der Waals surface area (Å²) in [6, 6.07) is 0. The van der Waals surface area contributed by atoms with Gasteiger partial charge in [0, 0.05) is 14.2 Å². The molecule has 2 heteroatoms. The van der Waals surface area contributed by atoms with Gasteiger partial charge in [-0.15, -0.1) is 6.58 Å². The summed E-state index contributed by atoms with van der Waals surface area (Å²) in [5.74, 6) is 0.651. The van der Waals surface area contributed by atoms with E-state index in [0.717, 1.165) is 14.2 Å². The Morgan fingerprint density at radius 1 is 1.00 bits per heavy atom. The number of hydrogen-bond acceptors (Lipinski definition) is 2. The van der Waals surface area contributed by atoms with Crippen LogP contribution < -0.4 is 0 Å². The fraction of sp³-hybridized carbons (Fsp3) is 0.600. The minimum atomic E-state index is 0.651. The lowest BCUT2D eigenvalue weighted by Gasteiger charge is -1.87. The number of rotatable bonds is 2. The van der Waals surface area contributed by atoms with Crippen LogP contribution in [0.4, 0.5) is 0 Å². The number of aliphatic hydroxyl groups excluding tert-OH is 2. The van der Waals surface area contributed by atoms with Crippen LogP contribution in [0.25, 0.3) is 0 Å². The smallest absolute Gasteiger partial charge is 0.0319 e. The van der Waals surface area contributed by atoms with E-state index in [-0.39, 0.29) is 0 Å². The summed E-state index contributed by atoms with van der Waals surface area (Å²) >= 11 is 0. The molecule has 0 radical (unpaired) electrons. The second-order valence-electron chi connectivity index (χ2n) is 2.98. The molecule has 0 aromatic heterocycles. The molecule has 0 spiro atoms. The van der Waals surface area contributed by atoms with Crippen molar-refractivity contribution < 1.29 is 10.2 Å². The van der Waals surface area contributed by atoms with Gasteiger partial charge in [0.2, 0.25) is 0 Å². The van der Waals surface area contributed by atoms with Gasteiger partial charge in [-0.25, -0.2) is 0 Å². The van der Waals surface area contributed by atoms with Gasteiger partial charge in [0.1, 0.15) is 0 Å². The van der Waals surface area contributed by atoms with E-state index in [0.29, 0.717) is 5.92 Å². The Kier molecular flexibility index (Phi) is 104. The van der Waals surface area contributed by atoms with Crippen LogP contribution in [-0.4, -0.2) is 24.4 Å². The first-order chi connectivity index (χ1) is 8.10. The Bertz CT molecular complexity index is 116. The molecule has 0 aliphatic heterocycles. The molecule has 0 heterocycles. The van der Waals surface area contributed by atoms with E-state index >= 15 is 0 Å². The summed E-state index contributed by atoms with van der Waals surface area (Å²) in [6.07, 6.45) is 8.86. The molecule has 0 unspecified atom stereocenters. The van der Waals surface area contributed by atoms with Crippen molar-refractivity contribution in [3.8, 4) is 0 Å². The molecule has 2 nitrogen and oxygen atoms in total. The highest BCUT2D eigenvalue weighted by Gasteiger charge is 1.77. The molecule has 0 saturated carbocycles. The predicted octanol–water partition coefficient (Wildman–Crippen LogP) is 4.21. The molecule has 0 saturated heterocycles.